The first-order valence-electron chi connectivity index (χ1n) is 8.52. The van der Waals surface area contributed by atoms with Crippen LogP contribution in [0.1, 0.15) is 31.1 Å². The van der Waals surface area contributed by atoms with E-state index in [4.69, 9.17) is 0 Å². The number of benzene rings is 3. The van der Waals surface area contributed by atoms with Gasteiger partial charge < -0.3 is 0 Å². The minimum absolute atomic E-state index is 0.333. The van der Waals surface area contributed by atoms with Crippen molar-refractivity contribution in [3.63, 3.8) is 0 Å². The molecule has 3 amide bonds. The van der Waals surface area contributed by atoms with E-state index in [1.807, 2.05) is 18.2 Å². The fourth-order valence-corrected chi connectivity index (χ4v) is 6.88. The Morgan fingerprint density at radius 3 is 0.964 bits per heavy atom. The van der Waals surface area contributed by atoms with E-state index in [-0.39, 0.29) is 17.7 Å². The molecular formula is C21H18BiN3O3. The number of hydrogen-bond acceptors (Lipinski definition) is 3. The van der Waals surface area contributed by atoms with Crippen LogP contribution in [-0.2, 0) is 0 Å². The van der Waals surface area contributed by atoms with Gasteiger partial charge in [0.1, 0.15) is 0 Å². The minimum atomic E-state index is -3.47. The van der Waals surface area contributed by atoms with E-state index in [0.29, 0.717) is 16.7 Å². The van der Waals surface area contributed by atoms with Crippen molar-refractivity contribution in [3.05, 3.63) is 108 Å². The first-order valence-corrected chi connectivity index (χ1v) is 13.7. The number of hydrogen-bond donors (Lipinski definition) is 3. The van der Waals surface area contributed by atoms with Gasteiger partial charge in [-0.3, -0.25) is 0 Å². The van der Waals surface area contributed by atoms with Crippen molar-refractivity contribution in [1.82, 2.24) is 9.78 Å². The summed E-state index contributed by atoms with van der Waals surface area (Å²) in [5, 5.41) is 0. The quantitative estimate of drug-likeness (QED) is 0.399. The monoisotopic (exact) mass is 569 g/mol. The molecule has 0 aliphatic carbocycles. The Kier molecular flexibility index (Phi) is 6.87. The van der Waals surface area contributed by atoms with Gasteiger partial charge in [0.15, 0.2) is 0 Å². The van der Waals surface area contributed by atoms with E-state index in [9.17, 15) is 14.4 Å². The van der Waals surface area contributed by atoms with Gasteiger partial charge in [0.2, 0.25) is 0 Å². The Labute approximate surface area is 171 Å². The van der Waals surface area contributed by atoms with Crippen molar-refractivity contribution in [2.75, 3.05) is 0 Å². The van der Waals surface area contributed by atoms with Crippen LogP contribution in [0.4, 0.5) is 0 Å². The molecule has 0 spiro atoms. The predicted molar refractivity (Wildman–Crippen MR) is 107 cm³/mol. The van der Waals surface area contributed by atoms with Gasteiger partial charge >= 0.3 is 172 Å². The summed E-state index contributed by atoms with van der Waals surface area (Å²) in [6, 6.07) is 26.0. The number of amides is 3. The van der Waals surface area contributed by atoms with E-state index in [1.54, 1.807) is 72.8 Å². The van der Waals surface area contributed by atoms with Crippen molar-refractivity contribution in [2.45, 2.75) is 0 Å². The van der Waals surface area contributed by atoms with Crippen LogP contribution in [0.3, 0.4) is 0 Å². The normalized spacial score (nSPS) is 10.2. The molecule has 0 saturated carbocycles. The number of carbonyl (C=O) groups is 3. The van der Waals surface area contributed by atoms with Crippen molar-refractivity contribution in [2.24, 2.45) is 0 Å². The van der Waals surface area contributed by atoms with Gasteiger partial charge in [0, 0.05) is 0 Å². The van der Waals surface area contributed by atoms with E-state index in [1.165, 1.54) is 0 Å². The molecule has 0 radical (unpaired) electrons. The summed E-state index contributed by atoms with van der Waals surface area (Å²) in [7, 11) is 0. The molecule has 3 aromatic rings. The SMILES string of the molecule is O=C([NH][Bi]([NH]C(=O)c1ccccc1)[NH]C(=O)c1ccccc1)c1ccccc1. The van der Waals surface area contributed by atoms with Crippen molar-refractivity contribution in [1.29, 1.82) is 0 Å². The average molecular weight is 569 g/mol. The van der Waals surface area contributed by atoms with Crippen LogP contribution in [-0.4, -0.2) is 40.3 Å². The first-order chi connectivity index (χ1) is 13.6. The summed E-state index contributed by atoms with van der Waals surface area (Å²) < 4.78 is 8.51. The molecule has 3 aromatic carbocycles. The molecular weight excluding hydrogens is 551 g/mol. The van der Waals surface area contributed by atoms with Gasteiger partial charge in [0.25, 0.3) is 0 Å². The third-order valence-corrected chi connectivity index (χ3v) is 8.72. The van der Waals surface area contributed by atoms with Crippen LogP contribution < -0.4 is 9.78 Å². The zero-order chi connectivity index (χ0) is 19.8. The second-order valence-corrected chi connectivity index (χ2v) is 11.0. The molecule has 140 valence electrons. The van der Waals surface area contributed by atoms with Gasteiger partial charge in [-0.25, -0.2) is 0 Å². The van der Waals surface area contributed by atoms with Crippen LogP contribution >= 0.6 is 0 Å². The fourth-order valence-electron chi connectivity index (χ4n) is 2.35. The van der Waals surface area contributed by atoms with Gasteiger partial charge in [0.05, 0.1) is 0 Å². The summed E-state index contributed by atoms with van der Waals surface area (Å²) in [5.41, 5.74) is 1.39. The molecule has 0 bridgehead atoms. The van der Waals surface area contributed by atoms with Gasteiger partial charge in [-0.1, -0.05) is 0 Å². The van der Waals surface area contributed by atoms with Gasteiger partial charge in [-0.2, -0.15) is 0 Å². The average Bonchev–Trinajstić information content (AvgIpc) is 2.75. The predicted octanol–water partition coefficient (Wildman–Crippen LogP) is 2.26. The van der Waals surface area contributed by atoms with Crippen LogP contribution in [0.5, 0.6) is 0 Å². The van der Waals surface area contributed by atoms with Crippen molar-refractivity contribution < 1.29 is 14.4 Å². The molecule has 0 unspecified atom stereocenters. The van der Waals surface area contributed by atoms with E-state index >= 15 is 0 Å². The Morgan fingerprint density at radius 1 is 0.464 bits per heavy atom. The summed E-state index contributed by atoms with van der Waals surface area (Å²) in [5.74, 6) is -1.000. The molecule has 7 heteroatoms. The van der Waals surface area contributed by atoms with E-state index in [2.05, 4.69) is 9.78 Å². The Hall–Kier alpha value is -3.05. The Balaban J connectivity index is 1.76. The molecule has 3 rings (SSSR count). The molecule has 0 saturated heterocycles. The Morgan fingerprint density at radius 2 is 0.714 bits per heavy atom. The zero-order valence-corrected chi connectivity index (χ0v) is 18.3. The third kappa shape index (κ3) is 5.47. The summed E-state index contributed by atoms with van der Waals surface area (Å²) >= 11 is -3.47. The molecule has 0 aliphatic heterocycles. The maximum absolute atomic E-state index is 12.5. The molecule has 0 aromatic heterocycles. The number of rotatable bonds is 6. The number of nitrogens with one attached hydrogen (secondary N) is 3. The molecule has 0 aliphatic rings. The van der Waals surface area contributed by atoms with Crippen LogP contribution in [0.25, 0.3) is 0 Å². The fraction of sp³-hybridized carbons (Fsp3) is 0. The van der Waals surface area contributed by atoms with E-state index < -0.39 is 22.6 Å². The topological polar surface area (TPSA) is 87.3 Å². The summed E-state index contributed by atoms with van der Waals surface area (Å²) in [6.45, 7) is 0. The molecule has 0 atom stereocenters. The second-order valence-electron chi connectivity index (χ2n) is 5.76. The Bertz CT molecular complexity index is 823. The van der Waals surface area contributed by atoms with Crippen molar-refractivity contribution in [3.8, 4) is 0 Å². The molecule has 0 fully saturated rings. The third-order valence-electron chi connectivity index (χ3n) is 3.75. The maximum atomic E-state index is 12.5. The molecule has 6 nitrogen and oxygen atoms in total. The van der Waals surface area contributed by atoms with Crippen LogP contribution in [0.15, 0.2) is 91.0 Å². The molecule has 3 N–H and O–H groups in total. The number of carbonyl (C=O) groups excluding carboxylic acids is 3. The van der Waals surface area contributed by atoms with Crippen LogP contribution in [0.2, 0.25) is 0 Å². The first kappa shape index (κ1) is 19.7. The van der Waals surface area contributed by atoms with E-state index in [0.717, 1.165) is 0 Å². The zero-order valence-electron chi connectivity index (χ0n) is 14.8. The summed E-state index contributed by atoms with van der Waals surface area (Å²) in [6.07, 6.45) is 0. The van der Waals surface area contributed by atoms with Gasteiger partial charge in [-0.15, -0.1) is 0 Å². The standard InChI is InChI=1S/3C7H7NO.Bi/c3*8-7(9)6-4-2-1-3-5-6;/h3*1-5H,(H2,8,9);/q;;;+3/p-3. The second kappa shape index (κ2) is 9.76. The van der Waals surface area contributed by atoms with Gasteiger partial charge in [-0.05, 0) is 0 Å². The van der Waals surface area contributed by atoms with Crippen LogP contribution in [0, 0.1) is 0 Å². The molecule has 0 heterocycles. The molecule has 28 heavy (non-hydrogen) atoms. The summed E-state index contributed by atoms with van der Waals surface area (Å²) in [4.78, 5) is 37.6. The van der Waals surface area contributed by atoms with Crippen molar-refractivity contribution >= 4 is 40.3 Å².